The van der Waals surface area contributed by atoms with Crippen LogP contribution in [0.4, 0.5) is 0 Å². The smallest absolute Gasteiger partial charge is 0.00208 e. The van der Waals surface area contributed by atoms with Gasteiger partial charge in [-0.05, 0) is 41.7 Å². The van der Waals surface area contributed by atoms with Crippen LogP contribution in [0.15, 0.2) is 22.4 Å². The number of rotatable bonds is 3. The van der Waals surface area contributed by atoms with Gasteiger partial charge in [-0.1, -0.05) is 25.5 Å². The van der Waals surface area contributed by atoms with Gasteiger partial charge in [0.05, 0.1) is 0 Å². The van der Waals surface area contributed by atoms with E-state index in [1.165, 1.54) is 17.6 Å². The summed E-state index contributed by atoms with van der Waals surface area (Å²) in [6.45, 7) is 6.72. The van der Waals surface area contributed by atoms with E-state index < -0.39 is 0 Å². The van der Waals surface area contributed by atoms with Gasteiger partial charge in [0, 0.05) is 0 Å². The maximum atomic E-state index is 2.28. The fourth-order valence-electron chi connectivity index (χ4n) is 1.08. The predicted molar refractivity (Wildman–Crippen MR) is 57.4 cm³/mol. The fourth-order valence-corrected chi connectivity index (χ4v) is 1.70. The first kappa shape index (κ1) is 9.53. The topological polar surface area (TPSA) is 0 Å². The minimum atomic E-state index is 0.713. The Balaban J connectivity index is 2.69. The van der Waals surface area contributed by atoms with Crippen LogP contribution in [0.2, 0.25) is 0 Å². The zero-order chi connectivity index (χ0) is 8.97. The molecule has 1 unspecified atom stereocenters. The highest BCUT2D eigenvalue weighted by Gasteiger charge is 2.00. The maximum Gasteiger partial charge on any atom is -0.00208 e. The highest BCUT2D eigenvalue weighted by molar-refractivity contribution is 7.08. The zero-order valence-electron chi connectivity index (χ0n) is 8.00. The van der Waals surface area contributed by atoms with Crippen LogP contribution < -0.4 is 0 Å². The number of hydrogen-bond donors (Lipinski definition) is 0. The molecule has 1 heterocycles. The third-order valence-electron chi connectivity index (χ3n) is 2.33. The average Bonchev–Trinajstić information content (AvgIpc) is 2.55. The Morgan fingerprint density at radius 1 is 1.67 bits per heavy atom. The molecule has 1 rings (SSSR count). The molecule has 66 valence electrons. The molecule has 1 aromatic rings. The molecule has 0 radical (unpaired) electrons. The molecule has 0 spiro atoms. The summed E-state index contributed by atoms with van der Waals surface area (Å²) in [5.74, 6) is 0.713. The summed E-state index contributed by atoms with van der Waals surface area (Å²) in [4.78, 5) is 0. The van der Waals surface area contributed by atoms with E-state index in [4.69, 9.17) is 0 Å². The van der Waals surface area contributed by atoms with Gasteiger partial charge >= 0.3 is 0 Å². The van der Waals surface area contributed by atoms with E-state index in [1.54, 1.807) is 11.3 Å². The first-order valence-corrected chi connectivity index (χ1v) is 5.38. The van der Waals surface area contributed by atoms with Crippen LogP contribution in [-0.4, -0.2) is 0 Å². The van der Waals surface area contributed by atoms with Crippen molar-refractivity contribution in [1.82, 2.24) is 0 Å². The van der Waals surface area contributed by atoms with E-state index in [2.05, 4.69) is 43.7 Å². The molecule has 0 fully saturated rings. The lowest BCUT2D eigenvalue weighted by atomic mass is 9.99. The minimum Gasteiger partial charge on any atom is -0.152 e. The molecule has 0 bridgehead atoms. The summed E-state index contributed by atoms with van der Waals surface area (Å²) in [5.41, 5.74) is 2.83. The number of hydrogen-bond acceptors (Lipinski definition) is 1. The first-order chi connectivity index (χ1) is 5.74. The molecule has 0 amide bonds. The molecule has 0 saturated carbocycles. The van der Waals surface area contributed by atoms with Crippen LogP contribution >= 0.6 is 11.3 Å². The normalized spacial score (nSPS) is 14.8. The molecule has 0 aliphatic rings. The predicted octanol–water partition coefficient (Wildman–Crippen LogP) is 4.20. The Morgan fingerprint density at radius 2 is 2.42 bits per heavy atom. The second kappa shape index (κ2) is 4.46. The van der Waals surface area contributed by atoms with E-state index in [-0.39, 0.29) is 0 Å². The van der Waals surface area contributed by atoms with Crippen LogP contribution in [0.5, 0.6) is 0 Å². The third-order valence-corrected chi connectivity index (χ3v) is 3.03. The van der Waals surface area contributed by atoms with Gasteiger partial charge in [0.2, 0.25) is 0 Å². The second-order valence-corrected chi connectivity index (χ2v) is 4.03. The highest BCUT2D eigenvalue weighted by Crippen LogP contribution is 2.18. The van der Waals surface area contributed by atoms with Crippen molar-refractivity contribution in [2.45, 2.75) is 27.2 Å². The van der Waals surface area contributed by atoms with Gasteiger partial charge < -0.3 is 0 Å². The van der Waals surface area contributed by atoms with Crippen molar-refractivity contribution in [3.63, 3.8) is 0 Å². The Morgan fingerprint density at radius 3 is 2.92 bits per heavy atom. The Bertz CT molecular complexity index is 244. The molecular formula is C11H16S. The van der Waals surface area contributed by atoms with Gasteiger partial charge in [-0.15, -0.1) is 0 Å². The van der Waals surface area contributed by atoms with Crippen molar-refractivity contribution in [3.05, 3.63) is 28.0 Å². The lowest BCUT2D eigenvalue weighted by Crippen LogP contribution is -1.92. The van der Waals surface area contributed by atoms with Gasteiger partial charge in [-0.2, -0.15) is 11.3 Å². The summed E-state index contributed by atoms with van der Waals surface area (Å²) < 4.78 is 0. The van der Waals surface area contributed by atoms with E-state index in [0.29, 0.717) is 5.92 Å². The van der Waals surface area contributed by atoms with E-state index in [0.717, 1.165) is 0 Å². The molecule has 0 aliphatic carbocycles. The molecule has 0 nitrogen and oxygen atoms in total. The minimum absolute atomic E-state index is 0.713. The van der Waals surface area contributed by atoms with Gasteiger partial charge in [0.1, 0.15) is 0 Å². The van der Waals surface area contributed by atoms with Crippen molar-refractivity contribution >= 4 is 17.4 Å². The van der Waals surface area contributed by atoms with Gasteiger partial charge in [-0.25, -0.2) is 0 Å². The summed E-state index contributed by atoms with van der Waals surface area (Å²) in [6, 6.07) is 2.16. The Labute approximate surface area is 78.9 Å². The summed E-state index contributed by atoms with van der Waals surface area (Å²) >= 11 is 1.76. The van der Waals surface area contributed by atoms with E-state index >= 15 is 0 Å². The molecule has 1 heteroatoms. The monoisotopic (exact) mass is 180 g/mol. The fraction of sp³-hybridized carbons (Fsp3) is 0.455. The van der Waals surface area contributed by atoms with E-state index in [1.807, 2.05) is 0 Å². The van der Waals surface area contributed by atoms with Gasteiger partial charge in [0.15, 0.2) is 0 Å². The Hall–Kier alpha value is -0.560. The lowest BCUT2D eigenvalue weighted by Gasteiger charge is -2.07. The summed E-state index contributed by atoms with van der Waals surface area (Å²) in [7, 11) is 0. The maximum absolute atomic E-state index is 2.28. The quantitative estimate of drug-likeness (QED) is 0.654. The van der Waals surface area contributed by atoms with Crippen LogP contribution in [0.1, 0.15) is 32.8 Å². The molecule has 0 N–H and O–H groups in total. The van der Waals surface area contributed by atoms with Crippen LogP contribution in [0.25, 0.3) is 6.08 Å². The summed E-state index contributed by atoms with van der Waals surface area (Å²) in [6.07, 6.45) is 3.51. The van der Waals surface area contributed by atoms with Crippen LogP contribution in [0.3, 0.4) is 0 Å². The van der Waals surface area contributed by atoms with Crippen molar-refractivity contribution in [2.24, 2.45) is 5.92 Å². The zero-order valence-corrected chi connectivity index (χ0v) is 8.82. The molecule has 1 aromatic heterocycles. The number of allylic oxidation sites excluding steroid dienone is 1. The van der Waals surface area contributed by atoms with Crippen molar-refractivity contribution < 1.29 is 0 Å². The standard InChI is InChI=1S/C11H16S/c1-4-9(2)10(3)7-11-5-6-12-8-11/h5-9H,4H2,1-3H3. The lowest BCUT2D eigenvalue weighted by molar-refractivity contribution is 0.660. The number of thiophene rings is 1. The highest BCUT2D eigenvalue weighted by atomic mass is 32.1. The van der Waals surface area contributed by atoms with Crippen molar-refractivity contribution in [2.75, 3.05) is 0 Å². The molecule has 12 heavy (non-hydrogen) atoms. The molecular weight excluding hydrogens is 164 g/mol. The van der Waals surface area contributed by atoms with E-state index in [9.17, 15) is 0 Å². The average molecular weight is 180 g/mol. The molecule has 0 saturated heterocycles. The van der Waals surface area contributed by atoms with Crippen molar-refractivity contribution in [1.29, 1.82) is 0 Å². The van der Waals surface area contributed by atoms with Crippen LogP contribution in [-0.2, 0) is 0 Å². The second-order valence-electron chi connectivity index (χ2n) is 3.25. The van der Waals surface area contributed by atoms with Gasteiger partial charge in [0.25, 0.3) is 0 Å². The third kappa shape index (κ3) is 2.49. The first-order valence-electron chi connectivity index (χ1n) is 4.44. The van der Waals surface area contributed by atoms with Crippen molar-refractivity contribution in [3.8, 4) is 0 Å². The SMILES string of the molecule is CCC(C)C(C)=Cc1ccsc1. The Kier molecular flexibility index (Phi) is 3.54. The summed E-state index contributed by atoms with van der Waals surface area (Å²) in [5, 5.41) is 4.31. The molecule has 1 atom stereocenters. The molecule has 0 aromatic carbocycles. The van der Waals surface area contributed by atoms with Gasteiger partial charge in [-0.3, -0.25) is 0 Å². The largest absolute Gasteiger partial charge is 0.152 e. The molecule has 0 aliphatic heterocycles. The van der Waals surface area contributed by atoms with Crippen LogP contribution in [0, 0.1) is 5.92 Å².